The predicted molar refractivity (Wildman–Crippen MR) is 96.9 cm³/mol. The van der Waals surface area contributed by atoms with Crippen LogP contribution in [-0.4, -0.2) is 51.3 Å². The summed E-state index contributed by atoms with van der Waals surface area (Å²) in [6, 6.07) is 5.97. The Morgan fingerprint density at radius 3 is 3.00 bits per heavy atom. The predicted octanol–water partition coefficient (Wildman–Crippen LogP) is 2.32. The Labute approximate surface area is 163 Å². The smallest absolute Gasteiger partial charge is 0.414 e. The molecule has 0 spiro atoms. The van der Waals surface area contributed by atoms with Crippen LogP contribution in [0.4, 0.5) is 19.7 Å². The molecule has 11 heteroatoms. The van der Waals surface area contributed by atoms with E-state index in [1.54, 1.807) is 29.2 Å². The molecule has 150 valence electrons. The van der Waals surface area contributed by atoms with Gasteiger partial charge in [0.05, 0.1) is 30.9 Å². The van der Waals surface area contributed by atoms with Crippen molar-refractivity contribution < 1.29 is 28.2 Å². The number of nitrogens with zero attached hydrogens (tertiary/aromatic N) is 4. The normalized spacial score (nSPS) is 16.1. The highest BCUT2D eigenvalue weighted by Gasteiger charge is 2.33. The van der Waals surface area contributed by atoms with Crippen molar-refractivity contribution in [3.05, 3.63) is 54.4 Å². The highest BCUT2D eigenvalue weighted by Crippen LogP contribution is 2.28. The minimum absolute atomic E-state index is 0.0481. The van der Waals surface area contributed by atoms with Gasteiger partial charge >= 0.3 is 12.2 Å². The van der Waals surface area contributed by atoms with Crippen LogP contribution in [0.2, 0.25) is 0 Å². The van der Waals surface area contributed by atoms with E-state index in [-0.39, 0.29) is 30.2 Å². The quantitative estimate of drug-likeness (QED) is 0.650. The van der Waals surface area contributed by atoms with Crippen LogP contribution in [-0.2, 0) is 11.3 Å². The molecule has 2 aromatic heterocycles. The van der Waals surface area contributed by atoms with Crippen molar-refractivity contribution in [3.63, 3.8) is 0 Å². The second kappa shape index (κ2) is 7.62. The van der Waals surface area contributed by atoms with E-state index >= 15 is 0 Å². The molecule has 1 fully saturated rings. The Morgan fingerprint density at radius 1 is 1.41 bits per heavy atom. The molecule has 4 rings (SSSR count). The molecular weight excluding hydrogens is 385 g/mol. The molecule has 1 saturated heterocycles. The first-order chi connectivity index (χ1) is 14.0. The standard InChI is InChI=1S/C18H16FN5O5/c19-15-6-12(24-9-13(29-18(24)27)7-20-17(25)26)2-3-14(15)16-22-11(10-28-16)8-23-5-1-4-21-23/h1-6,10,13,20H,7-9H2,(H,25,26)/t13-/m0/s1. The van der Waals surface area contributed by atoms with Gasteiger partial charge in [-0.15, -0.1) is 0 Å². The summed E-state index contributed by atoms with van der Waals surface area (Å²) in [6.45, 7) is 0.444. The minimum Gasteiger partial charge on any atom is -0.465 e. The molecule has 10 nitrogen and oxygen atoms in total. The van der Waals surface area contributed by atoms with Crippen molar-refractivity contribution in [1.82, 2.24) is 20.1 Å². The van der Waals surface area contributed by atoms with Gasteiger partial charge in [-0.1, -0.05) is 0 Å². The van der Waals surface area contributed by atoms with Gasteiger partial charge in [0.2, 0.25) is 5.89 Å². The maximum Gasteiger partial charge on any atom is 0.414 e. The molecule has 0 bridgehead atoms. The fourth-order valence-electron chi connectivity index (χ4n) is 2.95. The van der Waals surface area contributed by atoms with Gasteiger partial charge in [0.15, 0.2) is 0 Å². The van der Waals surface area contributed by atoms with Crippen LogP contribution >= 0.6 is 0 Å². The van der Waals surface area contributed by atoms with Crippen LogP contribution in [0, 0.1) is 5.82 Å². The Balaban J connectivity index is 1.48. The number of carboxylic acid groups (broad SMARTS) is 1. The number of benzene rings is 1. The van der Waals surface area contributed by atoms with Gasteiger partial charge in [-0.2, -0.15) is 5.10 Å². The number of hydrogen-bond donors (Lipinski definition) is 2. The summed E-state index contributed by atoms with van der Waals surface area (Å²) in [4.78, 5) is 28.1. The lowest BCUT2D eigenvalue weighted by Crippen LogP contribution is -2.33. The monoisotopic (exact) mass is 401 g/mol. The van der Waals surface area contributed by atoms with Crippen LogP contribution in [0.1, 0.15) is 5.69 Å². The van der Waals surface area contributed by atoms with E-state index < -0.39 is 24.1 Å². The average Bonchev–Trinajstić information content (AvgIpc) is 3.42. The van der Waals surface area contributed by atoms with Gasteiger partial charge in [0.25, 0.3) is 0 Å². The number of halogens is 1. The van der Waals surface area contributed by atoms with Crippen molar-refractivity contribution in [2.75, 3.05) is 18.0 Å². The Morgan fingerprint density at radius 2 is 2.28 bits per heavy atom. The molecule has 0 aliphatic carbocycles. The SMILES string of the molecule is O=C(O)NC[C@H]1CN(c2ccc(-c3nc(Cn4cccn4)co3)c(F)c2)C(=O)O1. The molecule has 1 aromatic carbocycles. The van der Waals surface area contributed by atoms with Crippen molar-refractivity contribution in [1.29, 1.82) is 0 Å². The lowest BCUT2D eigenvalue weighted by molar-refractivity contribution is 0.136. The summed E-state index contributed by atoms with van der Waals surface area (Å²) in [5.74, 6) is -0.501. The number of rotatable bonds is 6. The Kier molecular flexibility index (Phi) is 4.85. The molecule has 1 aliphatic heterocycles. The first-order valence-corrected chi connectivity index (χ1v) is 8.66. The van der Waals surface area contributed by atoms with Crippen LogP contribution < -0.4 is 10.2 Å². The number of nitrogens with one attached hydrogen (secondary N) is 1. The number of anilines is 1. The van der Waals surface area contributed by atoms with Crippen molar-refractivity contribution >= 4 is 17.9 Å². The molecule has 2 amide bonds. The molecule has 2 N–H and O–H groups in total. The van der Waals surface area contributed by atoms with E-state index in [0.717, 1.165) is 0 Å². The van der Waals surface area contributed by atoms with Crippen molar-refractivity contribution in [2.45, 2.75) is 12.6 Å². The summed E-state index contributed by atoms with van der Waals surface area (Å²) in [6.07, 6.45) is 2.31. The topological polar surface area (TPSA) is 123 Å². The van der Waals surface area contributed by atoms with Gasteiger partial charge in [-0.25, -0.2) is 19.0 Å². The number of oxazole rings is 1. The molecule has 1 atom stereocenters. The number of carbonyl (C=O) groups is 2. The maximum absolute atomic E-state index is 14.7. The Bertz CT molecular complexity index is 1040. The van der Waals surface area contributed by atoms with E-state index in [2.05, 4.69) is 15.4 Å². The third kappa shape index (κ3) is 4.03. The number of aromatic nitrogens is 3. The molecule has 3 heterocycles. The van der Waals surface area contributed by atoms with E-state index in [4.69, 9.17) is 14.3 Å². The molecule has 0 radical (unpaired) electrons. The van der Waals surface area contributed by atoms with E-state index in [9.17, 15) is 14.0 Å². The fraction of sp³-hybridized carbons (Fsp3) is 0.222. The van der Waals surface area contributed by atoms with Gasteiger partial charge < -0.3 is 19.6 Å². The van der Waals surface area contributed by atoms with Gasteiger partial charge in [0.1, 0.15) is 23.9 Å². The number of ether oxygens (including phenoxy) is 1. The highest BCUT2D eigenvalue weighted by atomic mass is 19.1. The minimum atomic E-state index is -1.22. The zero-order chi connectivity index (χ0) is 20.4. The summed E-state index contributed by atoms with van der Waals surface area (Å²) < 4.78 is 26.8. The van der Waals surface area contributed by atoms with E-state index in [0.29, 0.717) is 12.2 Å². The van der Waals surface area contributed by atoms with Crippen molar-refractivity contribution in [2.24, 2.45) is 0 Å². The third-order valence-corrected chi connectivity index (χ3v) is 4.28. The largest absolute Gasteiger partial charge is 0.465 e. The summed E-state index contributed by atoms with van der Waals surface area (Å²) >= 11 is 0. The molecule has 3 aromatic rings. The molecule has 0 saturated carbocycles. The zero-order valence-corrected chi connectivity index (χ0v) is 15.0. The van der Waals surface area contributed by atoms with E-state index in [1.807, 2.05) is 0 Å². The van der Waals surface area contributed by atoms with Crippen molar-refractivity contribution in [3.8, 4) is 11.5 Å². The Hall–Kier alpha value is -3.89. The first-order valence-electron chi connectivity index (χ1n) is 8.66. The van der Waals surface area contributed by atoms with Crippen LogP contribution in [0.3, 0.4) is 0 Å². The van der Waals surface area contributed by atoms with Crippen LogP contribution in [0.15, 0.2) is 47.3 Å². The second-order valence-corrected chi connectivity index (χ2v) is 6.31. The van der Waals surface area contributed by atoms with E-state index in [1.165, 1.54) is 23.3 Å². The number of amides is 2. The zero-order valence-electron chi connectivity index (χ0n) is 15.0. The molecule has 0 unspecified atom stereocenters. The molecule has 29 heavy (non-hydrogen) atoms. The summed E-state index contributed by atoms with van der Waals surface area (Å²) in [5, 5.41) is 14.9. The summed E-state index contributed by atoms with van der Waals surface area (Å²) in [7, 11) is 0. The summed E-state index contributed by atoms with van der Waals surface area (Å²) in [5.41, 5.74) is 1.03. The maximum atomic E-state index is 14.7. The average molecular weight is 401 g/mol. The lowest BCUT2D eigenvalue weighted by Gasteiger charge is -2.13. The molecule has 1 aliphatic rings. The van der Waals surface area contributed by atoms with Crippen LogP contribution in [0.5, 0.6) is 0 Å². The highest BCUT2D eigenvalue weighted by molar-refractivity contribution is 5.90. The lowest BCUT2D eigenvalue weighted by atomic mass is 10.1. The third-order valence-electron chi connectivity index (χ3n) is 4.28. The van der Waals surface area contributed by atoms with Gasteiger partial charge in [0, 0.05) is 12.4 Å². The fourth-order valence-corrected chi connectivity index (χ4v) is 2.95. The first kappa shape index (κ1) is 18.5. The van der Waals surface area contributed by atoms with Crippen LogP contribution in [0.25, 0.3) is 11.5 Å². The second-order valence-electron chi connectivity index (χ2n) is 6.31. The van der Waals surface area contributed by atoms with Gasteiger partial charge in [-0.3, -0.25) is 9.58 Å². The van der Waals surface area contributed by atoms with Gasteiger partial charge in [-0.05, 0) is 24.3 Å². The number of hydrogen-bond acceptors (Lipinski definition) is 6. The molecular formula is C18H16FN5O5. The number of carbonyl (C=O) groups excluding carboxylic acids is 1. The number of cyclic esters (lactones) is 1.